The second-order valence-corrected chi connectivity index (χ2v) is 4.55. The quantitative estimate of drug-likeness (QED) is 0.785. The Bertz CT molecular complexity index is 783. The molecule has 1 aromatic carbocycles. The largest absolute Gasteiger partial charge is 0.369 e. The third-order valence-electron chi connectivity index (χ3n) is 3.25. The highest BCUT2D eigenvalue weighted by Crippen LogP contribution is 2.19. The first-order valence-corrected chi connectivity index (χ1v) is 6.32. The van der Waals surface area contributed by atoms with Crippen molar-refractivity contribution in [2.45, 2.75) is 13.0 Å². The highest BCUT2D eigenvalue weighted by atomic mass is 15.1. The van der Waals surface area contributed by atoms with Crippen LogP contribution in [-0.2, 0) is 13.0 Å². The van der Waals surface area contributed by atoms with Crippen molar-refractivity contribution < 1.29 is 0 Å². The van der Waals surface area contributed by atoms with Crippen molar-refractivity contribution in [2.75, 3.05) is 5.73 Å². The van der Waals surface area contributed by atoms with E-state index in [2.05, 4.69) is 16.0 Å². The summed E-state index contributed by atoms with van der Waals surface area (Å²) in [7, 11) is 0. The number of anilines is 1. The predicted molar refractivity (Wildman–Crippen MR) is 76.8 cm³/mol. The van der Waals surface area contributed by atoms with Crippen LogP contribution in [0.25, 0.3) is 11.0 Å². The SMILES string of the molecule is N#Cc1ccc2nc(N)n(CCc3cccnc3)c2c1. The second-order valence-electron chi connectivity index (χ2n) is 4.55. The predicted octanol–water partition coefficient (Wildman–Crippen LogP) is 2.13. The van der Waals surface area contributed by atoms with Gasteiger partial charge < -0.3 is 10.3 Å². The number of nitrogens with zero attached hydrogens (tertiary/aromatic N) is 4. The molecule has 0 saturated carbocycles. The van der Waals surface area contributed by atoms with E-state index >= 15 is 0 Å². The third kappa shape index (κ3) is 2.19. The Kier molecular flexibility index (Phi) is 3.05. The standard InChI is InChI=1S/C15H13N5/c16-9-12-3-4-13-14(8-12)20(15(17)19-13)7-5-11-2-1-6-18-10-11/h1-4,6,8,10H,5,7H2,(H2,17,19). The average Bonchev–Trinajstić information content (AvgIpc) is 2.80. The molecule has 5 nitrogen and oxygen atoms in total. The molecule has 0 bridgehead atoms. The molecule has 0 aliphatic rings. The number of rotatable bonds is 3. The summed E-state index contributed by atoms with van der Waals surface area (Å²) >= 11 is 0. The van der Waals surface area contributed by atoms with E-state index < -0.39 is 0 Å². The molecule has 0 aliphatic heterocycles. The lowest BCUT2D eigenvalue weighted by atomic mass is 10.2. The monoisotopic (exact) mass is 263 g/mol. The lowest BCUT2D eigenvalue weighted by molar-refractivity contribution is 0.724. The maximum absolute atomic E-state index is 8.98. The van der Waals surface area contributed by atoms with Crippen LogP contribution in [0.5, 0.6) is 0 Å². The first-order chi connectivity index (χ1) is 9.78. The van der Waals surface area contributed by atoms with Crippen LogP contribution in [0.2, 0.25) is 0 Å². The zero-order chi connectivity index (χ0) is 13.9. The van der Waals surface area contributed by atoms with Gasteiger partial charge >= 0.3 is 0 Å². The molecule has 5 heteroatoms. The van der Waals surface area contributed by atoms with Crippen LogP contribution in [0.1, 0.15) is 11.1 Å². The normalized spacial score (nSPS) is 10.6. The van der Waals surface area contributed by atoms with Crippen LogP contribution in [0.15, 0.2) is 42.7 Å². The van der Waals surface area contributed by atoms with Gasteiger partial charge in [-0.2, -0.15) is 5.26 Å². The van der Waals surface area contributed by atoms with Crippen LogP contribution in [-0.4, -0.2) is 14.5 Å². The van der Waals surface area contributed by atoms with E-state index in [9.17, 15) is 0 Å². The van der Waals surface area contributed by atoms with E-state index in [-0.39, 0.29) is 0 Å². The summed E-state index contributed by atoms with van der Waals surface area (Å²) in [5, 5.41) is 8.98. The molecule has 3 rings (SSSR count). The Morgan fingerprint density at radius 1 is 1.30 bits per heavy atom. The molecule has 0 atom stereocenters. The Labute approximate surface area is 116 Å². The molecule has 98 valence electrons. The maximum atomic E-state index is 8.98. The summed E-state index contributed by atoms with van der Waals surface area (Å²) in [5.74, 6) is 0.471. The first-order valence-electron chi connectivity index (χ1n) is 6.32. The number of aryl methyl sites for hydroxylation is 2. The number of aromatic nitrogens is 3. The molecule has 0 fully saturated rings. The maximum Gasteiger partial charge on any atom is 0.201 e. The van der Waals surface area contributed by atoms with Gasteiger partial charge in [0.25, 0.3) is 0 Å². The molecule has 0 aliphatic carbocycles. The summed E-state index contributed by atoms with van der Waals surface area (Å²) < 4.78 is 1.93. The topological polar surface area (TPSA) is 80.5 Å². The lowest BCUT2D eigenvalue weighted by Crippen LogP contribution is -2.05. The number of nitrogen functional groups attached to an aromatic ring is 1. The van der Waals surface area contributed by atoms with Gasteiger partial charge in [-0.05, 0) is 36.2 Å². The molecule has 2 heterocycles. The van der Waals surface area contributed by atoms with Gasteiger partial charge in [0.05, 0.1) is 22.7 Å². The minimum atomic E-state index is 0.471. The Morgan fingerprint density at radius 3 is 2.95 bits per heavy atom. The summed E-state index contributed by atoms with van der Waals surface area (Å²) in [6.07, 6.45) is 4.42. The molecule has 0 radical (unpaired) electrons. The van der Waals surface area contributed by atoms with Gasteiger partial charge in [-0.15, -0.1) is 0 Å². The summed E-state index contributed by atoms with van der Waals surface area (Å²) in [4.78, 5) is 8.41. The van der Waals surface area contributed by atoms with Crippen molar-refractivity contribution in [2.24, 2.45) is 0 Å². The number of hydrogen-bond donors (Lipinski definition) is 1. The van der Waals surface area contributed by atoms with Gasteiger partial charge in [-0.3, -0.25) is 4.98 Å². The van der Waals surface area contributed by atoms with Crippen LogP contribution >= 0.6 is 0 Å². The molecule has 0 saturated heterocycles. The smallest absolute Gasteiger partial charge is 0.201 e. The van der Waals surface area contributed by atoms with Gasteiger partial charge in [-0.25, -0.2) is 4.98 Å². The fourth-order valence-electron chi connectivity index (χ4n) is 2.23. The van der Waals surface area contributed by atoms with Crippen molar-refractivity contribution in [1.29, 1.82) is 5.26 Å². The minimum Gasteiger partial charge on any atom is -0.369 e. The zero-order valence-corrected chi connectivity index (χ0v) is 10.8. The molecule has 0 spiro atoms. The number of benzene rings is 1. The van der Waals surface area contributed by atoms with Crippen molar-refractivity contribution in [3.8, 4) is 6.07 Å². The highest BCUT2D eigenvalue weighted by Gasteiger charge is 2.08. The van der Waals surface area contributed by atoms with E-state index in [1.54, 1.807) is 12.3 Å². The lowest BCUT2D eigenvalue weighted by Gasteiger charge is -2.06. The minimum absolute atomic E-state index is 0.471. The van der Waals surface area contributed by atoms with Crippen LogP contribution in [0.3, 0.4) is 0 Å². The van der Waals surface area contributed by atoms with Gasteiger partial charge in [0.15, 0.2) is 0 Å². The number of hydrogen-bond acceptors (Lipinski definition) is 4. The highest BCUT2D eigenvalue weighted by molar-refractivity contribution is 5.79. The number of nitriles is 1. The Hall–Kier alpha value is -2.87. The molecule has 0 amide bonds. The van der Waals surface area contributed by atoms with E-state index in [4.69, 9.17) is 11.0 Å². The van der Waals surface area contributed by atoms with Gasteiger partial charge in [0.2, 0.25) is 5.95 Å². The molecule has 3 aromatic rings. The fourth-order valence-corrected chi connectivity index (χ4v) is 2.23. The number of pyridine rings is 1. The van der Waals surface area contributed by atoms with Crippen LogP contribution < -0.4 is 5.73 Å². The van der Waals surface area contributed by atoms with E-state index in [0.717, 1.165) is 23.0 Å². The fraction of sp³-hybridized carbons (Fsp3) is 0.133. The van der Waals surface area contributed by atoms with Crippen LogP contribution in [0.4, 0.5) is 5.95 Å². The molecule has 2 aromatic heterocycles. The molecule has 2 N–H and O–H groups in total. The molecular weight excluding hydrogens is 250 g/mol. The van der Waals surface area contributed by atoms with Crippen molar-refractivity contribution >= 4 is 17.0 Å². The molecule has 20 heavy (non-hydrogen) atoms. The first kappa shape index (κ1) is 12.2. The molecular formula is C15H13N5. The number of fused-ring (bicyclic) bond motifs is 1. The number of imidazole rings is 1. The van der Waals surface area contributed by atoms with E-state index in [0.29, 0.717) is 18.1 Å². The van der Waals surface area contributed by atoms with Gasteiger partial charge in [-0.1, -0.05) is 6.07 Å². The average molecular weight is 263 g/mol. The summed E-state index contributed by atoms with van der Waals surface area (Å²) in [6, 6.07) is 11.5. The Balaban J connectivity index is 1.94. The summed E-state index contributed by atoms with van der Waals surface area (Å²) in [5.41, 5.74) is 9.42. The zero-order valence-electron chi connectivity index (χ0n) is 10.8. The molecule has 0 unspecified atom stereocenters. The second kappa shape index (κ2) is 5.02. The van der Waals surface area contributed by atoms with E-state index in [1.165, 1.54) is 0 Å². The van der Waals surface area contributed by atoms with Gasteiger partial charge in [0.1, 0.15) is 0 Å². The van der Waals surface area contributed by atoms with E-state index in [1.807, 2.05) is 35.0 Å². The summed E-state index contributed by atoms with van der Waals surface area (Å²) in [6.45, 7) is 0.711. The van der Waals surface area contributed by atoms with Crippen molar-refractivity contribution in [3.63, 3.8) is 0 Å². The number of nitrogens with two attached hydrogens (primary N) is 1. The van der Waals surface area contributed by atoms with Crippen molar-refractivity contribution in [3.05, 3.63) is 53.9 Å². The Morgan fingerprint density at radius 2 is 2.20 bits per heavy atom. The van der Waals surface area contributed by atoms with Crippen molar-refractivity contribution in [1.82, 2.24) is 14.5 Å². The third-order valence-corrected chi connectivity index (χ3v) is 3.25. The van der Waals surface area contributed by atoms with Crippen LogP contribution in [0, 0.1) is 11.3 Å². The van der Waals surface area contributed by atoms with Gasteiger partial charge in [0, 0.05) is 18.9 Å².